The molecule has 0 atom stereocenters. The molecule has 0 spiro atoms. The summed E-state index contributed by atoms with van der Waals surface area (Å²) in [5.74, 6) is 1.26. The fourth-order valence-electron chi connectivity index (χ4n) is 2.16. The molecular formula is C17H14N4O2. The number of aromatic amines is 1. The second-order valence-corrected chi connectivity index (χ2v) is 4.82. The fraction of sp³-hybridized carbons (Fsp3) is 0.118. The maximum absolute atomic E-state index is 9.09. The molecule has 0 aliphatic rings. The standard InChI is InChI=1S/C17H14N4O2/c1-22-14-7-13(17-16(10-18)19-21-20-17)8-15(9-14)23-11-12-5-3-2-4-6-12/h2-9H,11H2,1H3,(H,19,20,21). The van der Waals surface area contributed by atoms with Crippen molar-refractivity contribution in [2.45, 2.75) is 6.61 Å². The Bertz CT molecular complexity index is 837. The van der Waals surface area contributed by atoms with Crippen molar-refractivity contribution >= 4 is 0 Å². The van der Waals surface area contributed by atoms with Crippen molar-refractivity contribution in [1.82, 2.24) is 15.4 Å². The van der Waals surface area contributed by atoms with Crippen molar-refractivity contribution in [3.8, 4) is 28.8 Å². The highest BCUT2D eigenvalue weighted by Crippen LogP contribution is 2.30. The van der Waals surface area contributed by atoms with Gasteiger partial charge in [-0.15, -0.1) is 5.10 Å². The molecule has 0 fully saturated rings. The zero-order valence-corrected chi connectivity index (χ0v) is 12.5. The number of hydrogen-bond donors (Lipinski definition) is 1. The molecule has 0 aliphatic carbocycles. The largest absolute Gasteiger partial charge is 0.497 e. The molecular weight excluding hydrogens is 292 g/mol. The normalized spacial score (nSPS) is 10.1. The fourth-order valence-corrected chi connectivity index (χ4v) is 2.16. The van der Waals surface area contributed by atoms with E-state index in [1.807, 2.05) is 42.5 Å². The maximum Gasteiger partial charge on any atom is 0.163 e. The molecule has 0 radical (unpaired) electrons. The van der Waals surface area contributed by atoms with Gasteiger partial charge in [0.1, 0.15) is 29.9 Å². The Labute approximate surface area is 133 Å². The predicted octanol–water partition coefficient (Wildman–Crippen LogP) is 2.93. The van der Waals surface area contributed by atoms with Gasteiger partial charge in [0.15, 0.2) is 5.69 Å². The molecule has 1 heterocycles. The summed E-state index contributed by atoms with van der Waals surface area (Å²) in [5.41, 5.74) is 2.54. The topological polar surface area (TPSA) is 83.8 Å². The van der Waals surface area contributed by atoms with Crippen molar-refractivity contribution in [3.05, 3.63) is 59.8 Å². The molecule has 2 aromatic carbocycles. The van der Waals surface area contributed by atoms with Gasteiger partial charge in [-0.1, -0.05) is 35.5 Å². The molecule has 0 unspecified atom stereocenters. The molecule has 0 saturated heterocycles. The zero-order valence-electron chi connectivity index (χ0n) is 12.5. The number of aromatic nitrogens is 3. The molecule has 23 heavy (non-hydrogen) atoms. The van der Waals surface area contributed by atoms with Crippen LogP contribution in [0.15, 0.2) is 48.5 Å². The summed E-state index contributed by atoms with van der Waals surface area (Å²) in [5, 5.41) is 19.3. The van der Waals surface area contributed by atoms with E-state index in [0.717, 1.165) is 5.56 Å². The van der Waals surface area contributed by atoms with Gasteiger partial charge >= 0.3 is 0 Å². The predicted molar refractivity (Wildman–Crippen MR) is 83.9 cm³/mol. The van der Waals surface area contributed by atoms with Crippen LogP contribution in [0.2, 0.25) is 0 Å². The van der Waals surface area contributed by atoms with Gasteiger partial charge in [0.25, 0.3) is 0 Å². The Kier molecular flexibility index (Phi) is 4.20. The van der Waals surface area contributed by atoms with Crippen molar-refractivity contribution < 1.29 is 9.47 Å². The van der Waals surface area contributed by atoms with Crippen molar-refractivity contribution in [2.75, 3.05) is 7.11 Å². The second kappa shape index (κ2) is 6.62. The Morgan fingerprint density at radius 3 is 2.65 bits per heavy atom. The minimum Gasteiger partial charge on any atom is -0.497 e. The summed E-state index contributed by atoms with van der Waals surface area (Å²) >= 11 is 0. The zero-order chi connectivity index (χ0) is 16.1. The Balaban J connectivity index is 1.89. The van der Waals surface area contributed by atoms with Crippen molar-refractivity contribution in [1.29, 1.82) is 5.26 Å². The van der Waals surface area contributed by atoms with E-state index in [-0.39, 0.29) is 0 Å². The van der Waals surface area contributed by atoms with Gasteiger partial charge in [-0.3, -0.25) is 0 Å². The van der Waals surface area contributed by atoms with Gasteiger partial charge in [-0.25, -0.2) is 5.10 Å². The molecule has 1 N–H and O–H groups in total. The molecule has 1 aromatic heterocycles. The van der Waals surface area contributed by atoms with Crippen LogP contribution < -0.4 is 9.47 Å². The molecule has 3 rings (SSSR count). The molecule has 114 valence electrons. The lowest BCUT2D eigenvalue weighted by Gasteiger charge is -2.10. The van der Waals surface area contributed by atoms with Crippen LogP contribution in [0.4, 0.5) is 0 Å². The summed E-state index contributed by atoms with van der Waals surface area (Å²) < 4.78 is 11.1. The van der Waals surface area contributed by atoms with E-state index >= 15 is 0 Å². The molecule has 0 aliphatic heterocycles. The lowest BCUT2D eigenvalue weighted by Crippen LogP contribution is -1.96. The third kappa shape index (κ3) is 3.30. The van der Waals surface area contributed by atoms with Crippen LogP contribution in [0, 0.1) is 11.3 Å². The van der Waals surface area contributed by atoms with E-state index in [4.69, 9.17) is 14.7 Å². The number of methoxy groups -OCH3 is 1. The van der Waals surface area contributed by atoms with Crippen LogP contribution in [0.1, 0.15) is 11.3 Å². The van der Waals surface area contributed by atoms with Gasteiger partial charge in [0.2, 0.25) is 0 Å². The van der Waals surface area contributed by atoms with Crippen molar-refractivity contribution in [3.63, 3.8) is 0 Å². The minimum absolute atomic E-state index is 0.298. The van der Waals surface area contributed by atoms with Gasteiger partial charge in [-0.2, -0.15) is 5.26 Å². The average Bonchev–Trinajstić information content (AvgIpc) is 3.09. The van der Waals surface area contributed by atoms with Crippen LogP contribution in [-0.2, 0) is 6.61 Å². The third-order valence-electron chi connectivity index (χ3n) is 3.30. The number of benzene rings is 2. The lowest BCUT2D eigenvalue weighted by atomic mass is 10.1. The Hall–Kier alpha value is -3.33. The molecule has 0 amide bonds. The van der Waals surface area contributed by atoms with E-state index < -0.39 is 0 Å². The highest BCUT2D eigenvalue weighted by molar-refractivity contribution is 5.67. The molecule has 6 heteroatoms. The van der Waals surface area contributed by atoms with E-state index in [1.54, 1.807) is 19.2 Å². The molecule has 0 saturated carbocycles. The monoisotopic (exact) mass is 306 g/mol. The molecule has 3 aromatic rings. The third-order valence-corrected chi connectivity index (χ3v) is 3.30. The number of hydrogen-bond acceptors (Lipinski definition) is 5. The average molecular weight is 306 g/mol. The number of nitrogens with zero attached hydrogens (tertiary/aromatic N) is 3. The van der Waals surface area contributed by atoms with Gasteiger partial charge < -0.3 is 9.47 Å². The first-order chi connectivity index (χ1) is 11.3. The lowest BCUT2D eigenvalue weighted by molar-refractivity contribution is 0.304. The minimum atomic E-state index is 0.298. The van der Waals surface area contributed by atoms with Crippen LogP contribution in [0.5, 0.6) is 11.5 Å². The molecule has 6 nitrogen and oxygen atoms in total. The number of rotatable bonds is 5. The van der Waals surface area contributed by atoms with Gasteiger partial charge in [0, 0.05) is 11.6 Å². The highest BCUT2D eigenvalue weighted by atomic mass is 16.5. The quantitative estimate of drug-likeness (QED) is 0.783. The maximum atomic E-state index is 9.09. The number of ether oxygens (including phenoxy) is 2. The van der Waals surface area contributed by atoms with Crippen LogP contribution in [0.3, 0.4) is 0 Å². The number of H-pyrrole nitrogens is 1. The summed E-state index contributed by atoms with van der Waals surface area (Å²) in [7, 11) is 1.58. The number of nitrogens with one attached hydrogen (secondary N) is 1. The summed E-state index contributed by atoms with van der Waals surface area (Å²) in [6.45, 7) is 0.442. The van der Waals surface area contributed by atoms with E-state index in [2.05, 4.69) is 15.4 Å². The summed E-state index contributed by atoms with van der Waals surface area (Å²) in [4.78, 5) is 0. The smallest absolute Gasteiger partial charge is 0.163 e. The van der Waals surface area contributed by atoms with Crippen molar-refractivity contribution in [2.24, 2.45) is 0 Å². The Morgan fingerprint density at radius 2 is 1.91 bits per heavy atom. The van der Waals surface area contributed by atoms with E-state index in [0.29, 0.717) is 35.1 Å². The SMILES string of the molecule is COc1cc(OCc2ccccc2)cc(-c2nn[nH]c2C#N)c1. The Morgan fingerprint density at radius 1 is 1.13 bits per heavy atom. The van der Waals surface area contributed by atoms with Gasteiger partial charge in [0.05, 0.1) is 7.11 Å². The van der Waals surface area contributed by atoms with Gasteiger partial charge in [-0.05, 0) is 17.7 Å². The number of nitriles is 1. The first-order valence-electron chi connectivity index (χ1n) is 6.97. The second-order valence-electron chi connectivity index (χ2n) is 4.82. The summed E-state index contributed by atoms with van der Waals surface area (Å²) in [6, 6.07) is 17.3. The van der Waals surface area contributed by atoms with Crippen LogP contribution >= 0.6 is 0 Å². The molecule has 0 bridgehead atoms. The van der Waals surface area contributed by atoms with E-state index in [9.17, 15) is 0 Å². The van der Waals surface area contributed by atoms with E-state index in [1.165, 1.54) is 0 Å². The highest BCUT2D eigenvalue weighted by Gasteiger charge is 2.12. The first-order valence-corrected chi connectivity index (χ1v) is 6.97. The van der Waals surface area contributed by atoms with Crippen LogP contribution in [0.25, 0.3) is 11.3 Å². The summed E-state index contributed by atoms with van der Waals surface area (Å²) in [6.07, 6.45) is 0. The first kappa shape index (κ1) is 14.6. The van der Waals surface area contributed by atoms with Crippen LogP contribution in [-0.4, -0.2) is 22.5 Å².